The largest absolute Gasteiger partial charge is 0.387 e. The first-order valence-corrected chi connectivity index (χ1v) is 10.7. The van der Waals surface area contributed by atoms with Gasteiger partial charge in [0.05, 0.1) is 29.4 Å². The molecular formula is C24H27N5O2. The van der Waals surface area contributed by atoms with Crippen molar-refractivity contribution in [2.24, 2.45) is 5.92 Å². The van der Waals surface area contributed by atoms with Gasteiger partial charge in [-0.3, -0.25) is 9.78 Å². The predicted molar refractivity (Wildman–Crippen MR) is 121 cm³/mol. The number of pyridine rings is 1. The van der Waals surface area contributed by atoms with E-state index in [2.05, 4.69) is 25.6 Å². The molecule has 1 aliphatic carbocycles. The van der Waals surface area contributed by atoms with Crippen molar-refractivity contribution in [2.45, 2.75) is 45.6 Å². The molecule has 1 unspecified atom stereocenters. The first-order chi connectivity index (χ1) is 15.0. The minimum atomic E-state index is -0.546. The Morgan fingerprint density at radius 2 is 1.97 bits per heavy atom. The minimum Gasteiger partial charge on any atom is -0.387 e. The van der Waals surface area contributed by atoms with Gasteiger partial charge >= 0.3 is 0 Å². The van der Waals surface area contributed by atoms with E-state index in [0.717, 1.165) is 41.8 Å². The molecule has 3 N–H and O–H groups in total. The van der Waals surface area contributed by atoms with E-state index in [1.165, 1.54) is 6.33 Å². The highest BCUT2D eigenvalue weighted by atomic mass is 16.3. The molecule has 4 rings (SSSR count). The average Bonchev–Trinajstić information content (AvgIpc) is 3.61. The Morgan fingerprint density at radius 1 is 1.16 bits per heavy atom. The maximum absolute atomic E-state index is 12.1. The molecule has 2 heterocycles. The number of nitrogens with one attached hydrogen (secondary N) is 2. The van der Waals surface area contributed by atoms with E-state index < -0.39 is 6.10 Å². The van der Waals surface area contributed by atoms with E-state index in [4.69, 9.17) is 0 Å². The molecular weight excluding hydrogens is 390 g/mol. The van der Waals surface area contributed by atoms with Crippen molar-refractivity contribution in [2.75, 3.05) is 10.6 Å². The maximum Gasteiger partial charge on any atom is 0.228 e. The van der Waals surface area contributed by atoms with Gasteiger partial charge in [0.2, 0.25) is 5.91 Å². The van der Waals surface area contributed by atoms with Crippen molar-refractivity contribution in [3.05, 3.63) is 60.2 Å². The highest BCUT2D eigenvalue weighted by molar-refractivity contribution is 5.93. The molecule has 1 saturated carbocycles. The van der Waals surface area contributed by atoms with E-state index in [0.29, 0.717) is 23.6 Å². The normalized spacial score (nSPS) is 14.2. The van der Waals surface area contributed by atoms with Gasteiger partial charge in [-0.05, 0) is 43.9 Å². The SMILES string of the molecule is CCCC(O)c1cc(C)c(Nc2ccccc2-c2cc(NC(=O)C3CC3)ncn2)cn1. The van der Waals surface area contributed by atoms with Crippen LogP contribution in [0.25, 0.3) is 11.3 Å². The third-order valence-electron chi connectivity index (χ3n) is 5.37. The number of para-hydroxylation sites is 1. The van der Waals surface area contributed by atoms with Crippen LogP contribution in [0.1, 0.15) is 50.0 Å². The zero-order chi connectivity index (χ0) is 21.8. The molecule has 0 radical (unpaired) electrons. The highest BCUT2D eigenvalue weighted by Gasteiger charge is 2.29. The van der Waals surface area contributed by atoms with Crippen LogP contribution in [-0.2, 0) is 4.79 Å². The summed E-state index contributed by atoms with van der Waals surface area (Å²) in [6.45, 7) is 4.03. The number of benzene rings is 1. The van der Waals surface area contributed by atoms with Crippen LogP contribution >= 0.6 is 0 Å². The third kappa shape index (κ3) is 5.06. The van der Waals surface area contributed by atoms with E-state index in [9.17, 15) is 9.90 Å². The van der Waals surface area contributed by atoms with Crippen molar-refractivity contribution in [1.82, 2.24) is 15.0 Å². The molecule has 160 valence electrons. The number of carbonyl (C=O) groups excluding carboxylic acids is 1. The van der Waals surface area contributed by atoms with E-state index in [1.807, 2.05) is 44.2 Å². The lowest BCUT2D eigenvalue weighted by Gasteiger charge is -2.16. The number of amides is 1. The first kappa shape index (κ1) is 20.9. The zero-order valence-corrected chi connectivity index (χ0v) is 17.8. The van der Waals surface area contributed by atoms with Crippen LogP contribution in [0, 0.1) is 12.8 Å². The van der Waals surface area contributed by atoms with Crippen LogP contribution in [-0.4, -0.2) is 26.0 Å². The number of aliphatic hydroxyl groups is 1. The van der Waals surface area contributed by atoms with Crippen LogP contribution in [0.2, 0.25) is 0 Å². The van der Waals surface area contributed by atoms with E-state index in [-0.39, 0.29) is 11.8 Å². The summed E-state index contributed by atoms with van der Waals surface area (Å²) in [6.07, 6.45) is 6.14. The summed E-state index contributed by atoms with van der Waals surface area (Å²) in [5, 5.41) is 16.5. The van der Waals surface area contributed by atoms with E-state index >= 15 is 0 Å². The van der Waals surface area contributed by atoms with Crippen LogP contribution in [0.4, 0.5) is 17.2 Å². The fraction of sp³-hybridized carbons (Fsp3) is 0.333. The molecule has 1 aliphatic rings. The Balaban J connectivity index is 1.57. The fourth-order valence-corrected chi connectivity index (χ4v) is 3.42. The van der Waals surface area contributed by atoms with Crippen molar-refractivity contribution in [3.8, 4) is 11.3 Å². The maximum atomic E-state index is 12.1. The monoisotopic (exact) mass is 417 g/mol. The Kier molecular flexibility index (Phi) is 6.23. The molecule has 1 amide bonds. The molecule has 1 aromatic carbocycles. The summed E-state index contributed by atoms with van der Waals surface area (Å²) in [5.41, 5.74) is 5.01. The quantitative estimate of drug-likeness (QED) is 0.488. The van der Waals surface area contributed by atoms with Crippen molar-refractivity contribution in [1.29, 1.82) is 0 Å². The van der Waals surface area contributed by atoms with Gasteiger partial charge < -0.3 is 15.7 Å². The Hall–Kier alpha value is -3.32. The van der Waals surface area contributed by atoms with E-state index in [1.54, 1.807) is 12.3 Å². The van der Waals surface area contributed by atoms with Crippen LogP contribution in [0.15, 0.2) is 48.9 Å². The molecule has 3 aromatic rings. The van der Waals surface area contributed by atoms with Gasteiger partial charge in [-0.1, -0.05) is 31.5 Å². The smallest absolute Gasteiger partial charge is 0.228 e. The van der Waals surface area contributed by atoms with Crippen molar-refractivity contribution >= 4 is 23.1 Å². The Bertz CT molecular complexity index is 1080. The van der Waals surface area contributed by atoms with Gasteiger partial charge in [0.1, 0.15) is 12.1 Å². The highest BCUT2D eigenvalue weighted by Crippen LogP contribution is 2.33. The number of aliphatic hydroxyl groups excluding tert-OH is 1. The summed E-state index contributed by atoms with van der Waals surface area (Å²) in [5.74, 6) is 0.633. The molecule has 0 spiro atoms. The number of carbonyl (C=O) groups is 1. The second-order valence-corrected chi connectivity index (χ2v) is 7.95. The molecule has 1 fully saturated rings. The Morgan fingerprint density at radius 3 is 2.71 bits per heavy atom. The zero-order valence-electron chi connectivity index (χ0n) is 17.8. The van der Waals surface area contributed by atoms with Gasteiger partial charge in [0.15, 0.2) is 0 Å². The molecule has 31 heavy (non-hydrogen) atoms. The number of aryl methyl sites for hydroxylation is 1. The summed E-state index contributed by atoms with van der Waals surface area (Å²) >= 11 is 0. The van der Waals surface area contributed by atoms with Gasteiger partial charge in [-0.25, -0.2) is 9.97 Å². The standard InChI is InChI=1S/C24H27N5O2/c1-3-6-22(30)20-11-15(2)21(13-25-20)28-18-8-5-4-7-17(18)19-12-23(27-14-26-19)29-24(31)16-9-10-16/h4-5,7-8,11-14,16,22,28,30H,3,6,9-10H2,1-2H3,(H,26,27,29,31). The Labute approximate surface area is 182 Å². The summed E-state index contributed by atoms with van der Waals surface area (Å²) in [7, 11) is 0. The average molecular weight is 418 g/mol. The summed E-state index contributed by atoms with van der Waals surface area (Å²) < 4.78 is 0. The van der Waals surface area contributed by atoms with Gasteiger partial charge in [-0.2, -0.15) is 0 Å². The lowest BCUT2D eigenvalue weighted by Crippen LogP contribution is -2.14. The van der Waals surface area contributed by atoms with Crippen molar-refractivity contribution in [3.63, 3.8) is 0 Å². The molecule has 0 aliphatic heterocycles. The van der Waals surface area contributed by atoms with Crippen molar-refractivity contribution < 1.29 is 9.90 Å². The minimum absolute atomic E-state index is 0.0168. The molecule has 0 saturated heterocycles. The van der Waals surface area contributed by atoms with Crippen LogP contribution < -0.4 is 10.6 Å². The lowest BCUT2D eigenvalue weighted by atomic mass is 10.1. The molecule has 7 nitrogen and oxygen atoms in total. The molecule has 1 atom stereocenters. The van der Waals surface area contributed by atoms with Crippen LogP contribution in [0.3, 0.4) is 0 Å². The van der Waals surface area contributed by atoms with Gasteiger partial charge in [-0.15, -0.1) is 0 Å². The number of anilines is 3. The summed E-state index contributed by atoms with van der Waals surface area (Å²) in [4.78, 5) is 25.1. The number of aromatic nitrogens is 3. The molecule has 0 bridgehead atoms. The topological polar surface area (TPSA) is 100 Å². The fourth-order valence-electron chi connectivity index (χ4n) is 3.42. The molecule has 7 heteroatoms. The second kappa shape index (κ2) is 9.22. The molecule has 2 aromatic heterocycles. The number of hydrogen-bond acceptors (Lipinski definition) is 6. The lowest BCUT2D eigenvalue weighted by molar-refractivity contribution is -0.117. The number of rotatable bonds is 8. The van der Waals surface area contributed by atoms with Gasteiger partial charge in [0, 0.05) is 23.2 Å². The first-order valence-electron chi connectivity index (χ1n) is 10.7. The van der Waals surface area contributed by atoms with Gasteiger partial charge in [0.25, 0.3) is 0 Å². The number of nitrogens with zero attached hydrogens (tertiary/aromatic N) is 3. The second-order valence-electron chi connectivity index (χ2n) is 7.95. The summed E-state index contributed by atoms with van der Waals surface area (Å²) in [6, 6.07) is 11.5. The van der Waals surface area contributed by atoms with Crippen LogP contribution in [0.5, 0.6) is 0 Å². The predicted octanol–water partition coefficient (Wildman–Crippen LogP) is 4.77. The third-order valence-corrected chi connectivity index (χ3v) is 5.37. The number of hydrogen-bond donors (Lipinski definition) is 3.